The number of benzene rings is 3. The maximum Gasteiger partial charge on any atom is 0.331 e. The number of carbonyl (C=O) groups is 1. The van der Waals surface area contributed by atoms with Gasteiger partial charge in [-0.2, -0.15) is 0 Å². The Kier molecular flexibility index (Phi) is 5.07. The molecule has 3 aromatic rings. The van der Waals surface area contributed by atoms with Gasteiger partial charge in [0.25, 0.3) is 0 Å². The summed E-state index contributed by atoms with van der Waals surface area (Å²) in [5, 5.41) is 0. The molecule has 0 amide bonds. The fourth-order valence-electron chi connectivity index (χ4n) is 3.39. The van der Waals surface area contributed by atoms with Gasteiger partial charge in [0.2, 0.25) is 0 Å². The third-order valence-electron chi connectivity index (χ3n) is 4.67. The van der Waals surface area contributed by atoms with Gasteiger partial charge < -0.3 is 9.47 Å². The topological polar surface area (TPSA) is 35.5 Å². The van der Waals surface area contributed by atoms with Crippen LogP contribution < -0.4 is 4.74 Å². The molecule has 0 radical (unpaired) electrons. The summed E-state index contributed by atoms with van der Waals surface area (Å²) < 4.78 is 11.3. The van der Waals surface area contributed by atoms with E-state index in [1.54, 1.807) is 12.2 Å². The van der Waals surface area contributed by atoms with E-state index < -0.39 is 0 Å². The van der Waals surface area contributed by atoms with Crippen LogP contribution >= 0.6 is 0 Å². The SMILES string of the molecule is C=CCOc1ccc(/C=C/C(=O)OC2c3ccccc3-c3ccccc32)cc1. The van der Waals surface area contributed by atoms with Crippen molar-refractivity contribution in [3.05, 3.63) is 108 Å². The molecule has 138 valence electrons. The number of esters is 1. The summed E-state index contributed by atoms with van der Waals surface area (Å²) in [4.78, 5) is 12.5. The Hall–Kier alpha value is -3.59. The fraction of sp³-hybridized carbons (Fsp3) is 0.0800. The first-order chi connectivity index (χ1) is 13.8. The van der Waals surface area contributed by atoms with Gasteiger partial charge in [0.15, 0.2) is 6.10 Å². The summed E-state index contributed by atoms with van der Waals surface area (Å²) in [5.41, 5.74) is 5.18. The molecular formula is C25H20O3. The molecule has 3 aromatic carbocycles. The van der Waals surface area contributed by atoms with Crippen molar-refractivity contribution in [3.8, 4) is 16.9 Å². The van der Waals surface area contributed by atoms with E-state index in [0.717, 1.165) is 33.6 Å². The Morgan fingerprint density at radius 3 is 2.11 bits per heavy atom. The molecule has 4 rings (SSSR count). The molecular weight excluding hydrogens is 348 g/mol. The van der Waals surface area contributed by atoms with E-state index in [2.05, 4.69) is 18.7 Å². The van der Waals surface area contributed by atoms with Crippen molar-refractivity contribution in [2.24, 2.45) is 0 Å². The Bertz CT molecular complexity index is 986. The first-order valence-corrected chi connectivity index (χ1v) is 9.17. The molecule has 0 spiro atoms. The van der Waals surface area contributed by atoms with E-state index >= 15 is 0 Å². The summed E-state index contributed by atoms with van der Waals surface area (Å²) in [6, 6.07) is 23.6. The molecule has 0 unspecified atom stereocenters. The minimum Gasteiger partial charge on any atom is -0.490 e. The Morgan fingerprint density at radius 2 is 1.50 bits per heavy atom. The highest BCUT2D eigenvalue weighted by atomic mass is 16.5. The van der Waals surface area contributed by atoms with Crippen LogP contribution in [-0.4, -0.2) is 12.6 Å². The van der Waals surface area contributed by atoms with Crippen molar-refractivity contribution < 1.29 is 14.3 Å². The molecule has 1 aliphatic carbocycles. The van der Waals surface area contributed by atoms with Crippen LogP contribution in [0.15, 0.2) is 91.5 Å². The summed E-state index contributed by atoms with van der Waals surface area (Å²) >= 11 is 0. The molecule has 0 bridgehead atoms. The lowest BCUT2D eigenvalue weighted by atomic mass is 10.1. The minimum atomic E-state index is -0.376. The molecule has 0 saturated heterocycles. The number of rotatable bonds is 6. The first kappa shape index (κ1) is 17.8. The molecule has 0 atom stereocenters. The Labute approximate surface area is 164 Å². The van der Waals surface area contributed by atoms with Crippen molar-refractivity contribution >= 4 is 12.0 Å². The molecule has 0 heterocycles. The zero-order chi connectivity index (χ0) is 19.3. The maximum absolute atomic E-state index is 12.5. The van der Waals surface area contributed by atoms with Crippen LogP contribution in [0.2, 0.25) is 0 Å². The molecule has 1 aliphatic rings. The third kappa shape index (κ3) is 3.60. The van der Waals surface area contributed by atoms with Crippen LogP contribution in [0.5, 0.6) is 5.75 Å². The lowest BCUT2D eigenvalue weighted by molar-refractivity contribution is -0.141. The van der Waals surface area contributed by atoms with E-state index in [1.807, 2.05) is 60.7 Å². The van der Waals surface area contributed by atoms with Gasteiger partial charge in [-0.05, 0) is 34.9 Å². The molecule has 0 saturated carbocycles. The zero-order valence-corrected chi connectivity index (χ0v) is 15.4. The molecule has 0 fully saturated rings. The molecule has 3 nitrogen and oxygen atoms in total. The van der Waals surface area contributed by atoms with Gasteiger partial charge in [0.1, 0.15) is 12.4 Å². The van der Waals surface area contributed by atoms with Crippen molar-refractivity contribution in [1.82, 2.24) is 0 Å². The van der Waals surface area contributed by atoms with E-state index in [4.69, 9.17) is 9.47 Å². The second-order valence-electron chi connectivity index (χ2n) is 6.49. The first-order valence-electron chi connectivity index (χ1n) is 9.17. The van der Waals surface area contributed by atoms with Crippen molar-refractivity contribution in [1.29, 1.82) is 0 Å². The summed E-state index contributed by atoms with van der Waals surface area (Å²) in [7, 11) is 0. The van der Waals surface area contributed by atoms with Gasteiger partial charge in [-0.15, -0.1) is 0 Å². The van der Waals surface area contributed by atoms with E-state index in [0.29, 0.717) is 6.61 Å². The summed E-state index contributed by atoms with van der Waals surface area (Å²) in [5.74, 6) is 0.391. The summed E-state index contributed by atoms with van der Waals surface area (Å²) in [6.07, 6.45) is 4.53. The van der Waals surface area contributed by atoms with Crippen molar-refractivity contribution in [2.75, 3.05) is 6.61 Å². The number of ether oxygens (including phenoxy) is 2. The fourth-order valence-corrected chi connectivity index (χ4v) is 3.39. The summed E-state index contributed by atoms with van der Waals surface area (Å²) in [6.45, 7) is 4.09. The average Bonchev–Trinajstić information content (AvgIpc) is 3.05. The number of carbonyl (C=O) groups excluding carboxylic acids is 1. The third-order valence-corrected chi connectivity index (χ3v) is 4.67. The van der Waals surface area contributed by atoms with E-state index in [9.17, 15) is 4.79 Å². The predicted octanol–water partition coefficient (Wildman–Crippen LogP) is 5.58. The largest absolute Gasteiger partial charge is 0.490 e. The smallest absolute Gasteiger partial charge is 0.331 e. The van der Waals surface area contributed by atoms with Crippen LogP contribution in [0, 0.1) is 0 Å². The number of fused-ring (bicyclic) bond motifs is 3. The maximum atomic E-state index is 12.5. The van der Waals surface area contributed by atoms with Gasteiger partial charge in [0, 0.05) is 17.2 Å². The standard InChI is InChI=1S/C25H20O3/c1-2-17-27-19-14-11-18(12-15-19)13-16-24(26)28-25-22-9-5-3-7-20(22)21-8-4-6-10-23(21)25/h2-16,25H,1,17H2/b16-13+. The van der Waals surface area contributed by atoms with Crippen LogP contribution in [-0.2, 0) is 9.53 Å². The van der Waals surface area contributed by atoms with Crippen LogP contribution in [0.1, 0.15) is 22.8 Å². The quantitative estimate of drug-likeness (QED) is 0.324. The monoisotopic (exact) mass is 368 g/mol. The second-order valence-corrected chi connectivity index (χ2v) is 6.49. The van der Waals surface area contributed by atoms with Crippen molar-refractivity contribution in [2.45, 2.75) is 6.10 Å². The van der Waals surface area contributed by atoms with Gasteiger partial charge in [-0.1, -0.05) is 73.3 Å². The molecule has 0 aromatic heterocycles. The highest BCUT2D eigenvalue weighted by molar-refractivity contribution is 5.88. The second kappa shape index (κ2) is 7.97. The lowest BCUT2D eigenvalue weighted by Gasteiger charge is -2.13. The van der Waals surface area contributed by atoms with Gasteiger partial charge >= 0.3 is 5.97 Å². The minimum absolute atomic E-state index is 0.372. The molecule has 0 aliphatic heterocycles. The van der Waals surface area contributed by atoms with Gasteiger partial charge in [-0.3, -0.25) is 0 Å². The van der Waals surface area contributed by atoms with E-state index in [1.165, 1.54) is 6.08 Å². The van der Waals surface area contributed by atoms with Crippen LogP contribution in [0.25, 0.3) is 17.2 Å². The highest BCUT2D eigenvalue weighted by Gasteiger charge is 2.30. The van der Waals surface area contributed by atoms with Gasteiger partial charge in [0.05, 0.1) is 0 Å². The normalized spacial score (nSPS) is 12.4. The molecule has 28 heavy (non-hydrogen) atoms. The zero-order valence-electron chi connectivity index (χ0n) is 15.4. The van der Waals surface area contributed by atoms with Crippen LogP contribution in [0.4, 0.5) is 0 Å². The molecule has 0 N–H and O–H groups in total. The Morgan fingerprint density at radius 1 is 0.893 bits per heavy atom. The number of hydrogen-bond donors (Lipinski definition) is 0. The van der Waals surface area contributed by atoms with Crippen molar-refractivity contribution in [3.63, 3.8) is 0 Å². The van der Waals surface area contributed by atoms with E-state index in [-0.39, 0.29) is 12.1 Å². The molecule has 3 heteroatoms. The Balaban J connectivity index is 1.48. The average molecular weight is 368 g/mol. The lowest BCUT2D eigenvalue weighted by Crippen LogP contribution is -2.08. The highest BCUT2D eigenvalue weighted by Crippen LogP contribution is 2.45. The predicted molar refractivity (Wildman–Crippen MR) is 111 cm³/mol. The van der Waals surface area contributed by atoms with Gasteiger partial charge in [-0.25, -0.2) is 4.79 Å². The number of hydrogen-bond acceptors (Lipinski definition) is 3. The van der Waals surface area contributed by atoms with Crippen LogP contribution in [0.3, 0.4) is 0 Å².